The molecule has 0 saturated carbocycles. The van der Waals surface area contributed by atoms with Gasteiger partial charge in [0.2, 0.25) is 5.91 Å². The third kappa shape index (κ3) is 11.9. The Balaban J connectivity index is 3.32. The van der Waals surface area contributed by atoms with Crippen LogP contribution < -0.4 is 11.1 Å². The van der Waals surface area contributed by atoms with E-state index in [1.54, 1.807) is 0 Å². The Morgan fingerprint density at radius 3 is 2.61 bits per heavy atom. The van der Waals surface area contributed by atoms with Gasteiger partial charge in [-0.3, -0.25) is 4.79 Å². The zero-order valence-corrected chi connectivity index (χ0v) is 12.2. The molecule has 0 aromatic rings. The number of nitrogens with two attached hydrogens (primary N) is 1. The second-order valence-corrected chi connectivity index (χ2v) is 5.39. The van der Waals surface area contributed by atoms with Gasteiger partial charge < -0.3 is 15.8 Å². The van der Waals surface area contributed by atoms with Crippen LogP contribution in [0, 0.1) is 11.8 Å². The van der Waals surface area contributed by atoms with E-state index in [0.29, 0.717) is 31.3 Å². The molecule has 18 heavy (non-hydrogen) atoms. The zero-order chi connectivity index (χ0) is 13.8. The number of carbonyl (C=O) groups excluding carboxylic acids is 1. The summed E-state index contributed by atoms with van der Waals surface area (Å²) in [6, 6.07) is 0. The highest BCUT2D eigenvalue weighted by molar-refractivity contribution is 5.75. The molecule has 4 nitrogen and oxygen atoms in total. The molecular formula is C14H30N2O2. The van der Waals surface area contributed by atoms with Crippen molar-refractivity contribution in [2.24, 2.45) is 17.6 Å². The summed E-state index contributed by atoms with van der Waals surface area (Å²) in [6.07, 6.45) is 3.41. The van der Waals surface area contributed by atoms with Gasteiger partial charge in [-0.1, -0.05) is 20.8 Å². The predicted octanol–water partition coefficient (Wildman–Crippen LogP) is 1.93. The van der Waals surface area contributed by atoms with Crippen molar-refractivity contribution in [3.8, 4) is 0 Å². The van der Waals surface area contributed by atoms with E-state index in [-0.39, 0.29) is 5.91 Å². The second-order valence-electron chi connectivity index (χ2n) is 5.39. The Labute approximate surface area is 112 Å². The summed E-state index contributed by atoms with van der Waals surface area (Å²) in [7, 11) is 0. The van der Waals surface area contributed by atoms with Gasteiger partial charge in [-0.05, 0) is 37.6 Å². The summed E-state index contributed by atoms with van der Waals surface area (Å²) in [4.78, 5) is 11.5. The van der Waals surface area contributed by atoms with Crippen LogP contribution in [0.5, 0.6) is 0 Å². The van der Waals surface area contributed by atoms with Crippen LogP contribution >= 0.6 is 0 Å². The summed E-state index contributed by atoms with van der Waals surface area (Å²) >= 11 is 0. The number of nitrogens with one attached hydrogen (secondary N) is 1. The molecule has 0 saturated heterocycles. The molecule has 4 heteroatoms. The molecule has 0 fully saturated rings. The van der Waals surface area contributed by atoms with Crippen LogP contribution in [-0.2, 0) is 9.53 Å². The molecule has 0 spiro atoms. The smallest absolute Gasteiger partial charge is 0.220 e. The number of hydrogen-bond acceptors (Lipinski definition) is 3. The van der Waals surface area contributed by atoms with E-state index in [1.807, 2.05) is 0 Å². The minimum Gasteiger partial charge on any atom is -0.381 e. The number of carbonyl (C=O) groups is 1. The topological polar surface area (TPSA) is 64.3 Å². The van der Waals surface area contributed by atoms with E-state index < -0.39 is 0 Å². The van der Waals surface area contributed by atoms with Gasteiger partial charge in [-0.2, -0.15) is 0 Å². The molecule has 1 atom stereocenters. The Morgan fingerprint density at radius 1 is 1.28 bits per heavy atom. The van der Waals surface area contributed by atoms with Crippen molar-refractivity contribution in [3.05, 3.63) is 0 Å². The Bertz CT molecular complexity index is 208. The number of rotatable bonds is 11. The first-order valence-electron chi connectivity index (χ1n) is 7.10. The van der Waals surface area contributed by atoms with E-state index >= 15 is 0 Å². The van der Waals surface area contributed by atoms with E-state index in [9.17, 15) is 4.79 Å². The number of ether oxygens (including phenoxy) is 1. The fourth-order valence-corrected chi connectivity index (χ4v) is 1.62. The normalized spacial score (nSPS) is 12.7. The molecule has 0 aromatic heterocycles. The number of amides is 1. The molecular weight excluding hydrogens is 228 g/mol. The number of hydrogen-bond donors (Lipinski definition) is 2. The van der Waals surface area contributed by atoms with Crippen molar-refractivity contribution < 1.29 is 9.53 Å². The van der Waals surface area contributed by atoms with E-state index in [4.69, 9.17) is 10.5 Å². The van der Waals surface area contributed by atoms with Gasteiger partial charge in [0.25, 0.3) is 0 Å². The highest BCUT2D eigenvalue weighted by Crippen LogP contribution is 2.08. The van der Waals surface area contributed by atoms with Crippen LogP contribution in [0.25, 0.3) is 0 Å². The van der Waals surface area contributed by atoms with E-state index in [0.717, 1.165) is 32.5 Å². The molecule has 0 aliphatic heterocycles. The van der Waals surface area contributed by atoms with Crippen LogP contribution in [0.15, 0.2) is 0 Å². The van der Waals surface area contributed by atoms with E-state index in [1.165, 1.54) is 0 Å². The van der Waals surface area contributed by atoms with Gasteiger partial charge in [0.05, 0.1) is 0 Å². The molecule has 0 heterocycles. The minimum absolute atomic E-state index is 0.141. The highest BCUT2D eigenvalue weighted by atomic mass is 16.5. The lowest BCUT2D eigenvalue weighted by Gasteiger charge is -2.10. The van der Waals surface area contributed by atoms with Crippen LogP contribution in [-0.4, -0.2) is 32.2 Å². The molecule has 0 aliphatic carbocycles. The van der Waals surface area contributed by atoms with Gasteiger partial charge in [0.15, 0.2) is 0 Å². The lowest BCUT2D eigenvalue weighted by atomic mass is 10.0. The van der Waals surface area contributed by atoms with Crippen LogP contribution in [0.1, 0.15) is 46.5 Å². The van der Waals surface area contributed by atoms with Crippen molar-refractivity contribution in [3.63, 3.8) is 0 Å². The fraction of sp³-hybridized carbons (Fsp3) is 0.929. The summed E-state index contributed by atoms with van der Waals surface area (Å²) in [5.74, 6) is 1.25. The minimum atomic E-state index is 0.141. The standard InChI is InChI=1S/C14H30N2O2/c1-12(2)11-18-10-4-9-16-14(17)6-5-13(3)7-8-15/h12-13H,4-11,15H2,1-3H3,(H,16,17). The molecule has 0 rings (SSSR count). The van der Waals surface area contributed by atoms with Gasteiger partial charge >= 0.3 is 0 Å². The first-order chi connectivity index (χ1) is 8.56. The lowest BCUT2D eigenvalue weighted by Crippen LogP contribution is -2.25. The quantitative estimate of drug-likeness (QED) is 0.557. The van der Waals surface area contributed by atoms with Crippen LogP contribution in [0.4, 0.5) is 0 Å². The zero-order valence-electron chi connectivity index (χ0n) is 12.2. The Hall–Kier alpha value is -0.610. The lowest BCUT2D eigenvalue weighted by molar-refractivity contribution is -0.121. The SMILES string of the molecule is CC(C)COCCCNC(=O)CCC(C)CCN. The molecule has 1 unspecified atom stereocenters. The van der Waals surface area contributed by atoms with E-state index in [2.05, 4.69) is 26.1 Å². The van der Waals surface area contributed by atoms with Crippen molar-refractivity contribution in [2.75, 3.05) is 26.3 Å². The Morgan fingerprint density at radius 2 is 2.00 bits per heavy atom. The summed E-state index contributed by atoms with van der Waals surface area (Å²) in [6.45, 7) is 9.33. The third-order valence-corrected chi connectivity index (χ3v) is 2.76. The highest BCUT2D eigenvalue weighted by Gasteiger charge is 2.05. The monoisotopic (exact) mass is 258 g/mol. The first-order valence-corrected chi connectivity index (χ1v) is 7.10. The van der Waals surface area contributed by atoms with Crippen molar-refractivity contribution in [1.29, 1.82) is 0 Å². The molecule has 0 radical (unpaired) electrons. The van der Waals surface area contributed by atoms with Gasteiger partial charge in [0.1, 0.15) is 0 Å². The maximum atomic E-state index is 11.5. The first kappa shape index (κ1) is 17.4. The van der Waals surface area contributed by atoms with Gasteiger partial charge in [-0.15, -0.1) is 0 Å². The average molecular weight is 258 g/mol. The van der Waals surface area contributed by atoms with Crippen molar-refractivity contribution >= 4 is 5.91 Å². The Kier molecular flexibility index (Phi) is 11.1. The molecule has 0 aliphatic rings. The molecule has 0 aromatic carbocycles. The fourth-order valence-electron chi connectivity index (χ4n) is 1.62. The molecule has 3 N–H and O–H groups in total. The maximum Gasteiger partial charge on any atom is 0.220 e. The summed E-state index contributed by atoms with van der Waals surface area (Å²) in [5.41, 5.74) is 5.47. The maximum absolute atomic E-state index is 11.5. The molecule has 1 amide bonds. The van der Waals surface area contributed by atoms with Crippen molar-refractivity contribution in [2.45, 2.75) is 46.5 Å². The summed E-state index contributed by atoms with van der Waals surface area (Å²) < 4.78 is 5.44. The average Bonchev–Trinajstić information content (AvgIpc) is 2.31. The largest absolute Gasteiger partial charge is 0.381 e. The molecule has 108 valence electrons. The summed E-state index contributed by atoms with van der Waals surface area (Å²) in [5, 5.41) is 2.92. The van der Waals surface area contributed by atoms with Crippen molar-refractivity contribution in [1.82, 2.24) is 5.32 Å². The second kappa shape index (κ2) is 11.5. The van der Waals surface area contributed by atoms with Crippen LogP contribution in [0.2, 0.25) is 0 Å². The van der Waals surface area contributed by atoms with Gasteiger partial charge in [-0.25, -0.2) is 0 Å². The third-order valence-electron chi connectivity index (χ3n) is 2.76. The predicted molar refractivity (Wildman–Crippen MR) is 75.4 cm³/mol. The van der Waals surface area contributed by atoms with Crippen LogP contribution in [0.3, 0.4) is 0 Å². The van der Waals surface area contributed by atoms with Gasteiger partial charge in [0, 0.05) is 26.2 Å². The molecule has 0 bridgehead atoms.